The molecule has 8 nitrogen and oxygen atoms in total. The molecule has 1 amide bonds. The summed E-state index contributed by atoms with van der Waals surface area (Å²) in [7, 11) is -4.03. The molecule has 0 spiro atoms. The Morgan fingerprint density at radius 2 is 1.87 bits per heavy atom. The van der Waals surface area contributed by atoms with Crippen LogP contribution in [0.4, 0.5) is 4.79 Å². The Bertz CT molecular complexity index is 1130. The maximum atomic E-state index is 12.9. The normalized spacial score (nSPS) is 23.7. The van der Waals surface area contributed by atoms with Gasteiger partial charge in [0.1, 0.15) is 9.75 Å². The molecule has 2 aliphatic rings. The predicted molar refractivity (Wildman–Crippen MR) is 111 cm³/mol. The number of sulfonamides is 1. The van der Waals surface area contributed by atoms with Crippen molar-refractivity contribution in [3.63, 3.8) is 0 Å². The topological polar surface area (TPSA) is 124 Å². The van der Waals surface area contributed by atoms with Crippen molar-refractivity contribution in [1.29, 1.82) is 0 Å². The number of carboxylic acid groups (broad SMARTS) is 2. The summed E-state index contributed by atoms with van der Waals surface area (Å²) in [5, 5.41) is 18.8. The summed E-state index contributed by atoms with van der Waals surface area (Å²) in [5.74, 6) is -1.62. The molecule has 30 heavy (non-hydrogen) atoms. The van der Waals surface area contributed by atoms with Crippen LogP contribution in [0, 0.1) is 0 Å². The fourth-order valence-corrected chi connectivity index (χ4v) is 6.52. The van der Waals surface area contributed by atoms with Gasteiger partial charge in [-0.15, -0.1) is 11.3 Å². The third kappa shape index (κ3) is 3.73. The third-order valence-corrected chi connectivity index (χ3v) is 8.67. The molecule has 10 heteroatoms. The molecule has 0 saturated heterocycles. The minimum Gasteiger partial charge on any atom is -0.480 e. The Hall–Kier alpha value is -2.69. The summed E-state index contributed by atoms with van der Waals surface area (Å²) in [6.07, 6.45) is 1.48. The van der Waals surface area contributed by atoms with Gasteiger partial charge in [0.05, 0.1) is 0 Å². The Kier molecular flexibility index (Phi) is 5.16. The first-order valence-corrected chi connectivity index (χ1v) is 11.6. The number of amides is 1. The molecule has 0 unspecified atom stereocenters. The van der Waals surface area contributed by atoms with Crippen LogP contribution in [0.3, 0.4) is 0 Å². The zero-order valence-electron chi connectivity index (χ0n) is 15.8. The first kappa shape index (κ1) is 20.6. The van der Waals surface area contributed by atoms with Crippen molar-refractivity contribution in [3.8, 4) is 0 Å². The summed E-state index contributed by atoms with van der Waals surface area (Å²) in [4.78, 5) is 25.0. The third-order valence-electron chi connectivity index (χ3n) is 5.50. The van der Waals surface area contributed by atoms with E-state index >= 15 is 0 Å². The molecule has 2 aromatic rings. The Morgan fingerprint density at radius 1 is 1.13 bits per heavy atom. The zero-order chi connectivity index (χ0) is 21.5. The van der Waals surface area contributed by atoms with E-state index in [-0.39, 0.29) is 17.2 Å². The van der Waals surface area contributed by atoms with Crippen LogP contribution in [0.2, 0.25) is 0 Å². The monoisotopic (exact) mass is 448 g/mol. The standard InChI is InChI=1S/C20H20N2O6S2/c23-18(24)20(12-15(20)13-4-2-1-3-5-13)21-30(27,28)17-7-6-16(29-17)14-8-10-22(11-9-14)19(25)26/h1-8,15,21H,9-12H2,(H,23,24)(H,25,26)/t15-,20-/m0/s1. The number of rotatable bonds is 6. The summed E-state index contributed by atoms with van der Waals surface area (Å²) in [5.41, 5.74) is 0.126. The number of nitrogens with one attached hydrogen (secondary N) is 1. The molecule has 1 aromatic carbocycles. The van der Waals surface area contributed by atoms with Crippen molar-refractivity contribution < 1.29 is 28.2 Å². The van der Waals surface area contributed by atoms with Crippen LogP contribution in [0.5, 0.6) is 0 Å². The predicted octanol–water partition coefficient (Wildman–Crippen LogP) is 2.80. The van der Waals surface area contributed by atoms with Crippen LogP contribution in [0.25, 0.3) is 5.57 Å². The second kappa shape index (κ2) is 7.53. The molecule has 2 atom stereocenters. The summed E-state index contributed by atoms with van der Waals surface area (Å²) < 4.78 is 28.3. The van der Waals surface area contributed by atoms with E-state index < -0.39 is 33.5 Å². The van der Waals surface area contributed by atoms with E-state index in [1.54, 1.807) is 36.4 Å². The van der Waals surface area contributed by atoms with Crippen LogP contribution in [0.15, 0.2) is 52.7 Å². The lowest BCUT2D eigenvalue weighted by atomic mass is 10.1. The Balaban J connectivity index is 1.53. The number of carboxylic acids is 1. The molecule has 158 valence electrons. The van der Waals surface area contributed by atoms with Gasteiger partial charge in [-0.2, -0.15) is 4.72 Å². The largest absolute Gasteiger partial charge is 0.480 e. The highest BCUT2D eigenvalue weighted by Crippen LogP contribution is 2.52. The maximum Gasteiger partial charge on any atom is 0.407 e. The molecule has 4 rings (SSSR count). The number of hydrogen-bond donors (Lipinski definition) is 3. The number of hydrogen-bond acceptors (Lipinski definition) is 5. The molecule has 2 heterocycles. The fraction of sp³-hybridized carbons (Fsp3) is 0.300. The molecular weight excluding hydrogens is 428 g/mol. The lowest BCUT2D eigenvalue weighted by Crippen LogP contribution is -2.44. The van der Waals surface area contributed by atoms with E-state index in [2.05, 4.69) is 4.72 Å². The van der Waals surface area contributed by atoms with Gasteiger partial charge in [0.15, 0.2) is 0 Å². The number of aliphatic carboxylic acids is 1. The van der Waals surface area contributed by atoms with Crippen molar-refractivity contribution in [3.05, 3.63) is 59.0 Å². The zero-order valence-corrected chi connectivity index (χ0v) is 17.4. The number of carbonyl (C=O) groups is 2. The van der Waals surface area contributed by atoms with E-state index in [1.165, 1.54) is 11.0 Å². The van der Waals surface area contributed by atoms with Gasteiger partial charge >= 0.3 is 12.1 Å². The van der Waals surface area contributed by atoms with E-state index in [1.807, 2.05) is 6.07 Å². The lowest BCUT2D eigenvalue weighted by molar-refractivity contribution is -0.140. The van der Waals surface area contributed by atoms with Crippen LogP contribution in [-0.2, 0) is 14.8 Å². The van der Waals surface area contributed by atoms with E-state index in [0.717, 1.165) is 27.4 Å². The smallest absolute Gasteiger partial charge is 0.407 e. The average Bonchev–Trinajstić information content (AvgIpc) is 3.21. The van der Waals surface area contributed by atoms with E-state index in [0.29, 0.717) is 13.0 Å². The van der Waals surface area contributed by atoms with Crippen molar-refractivity contribution in [1.82, 2.24) is 9.62 Å². The second-order valence-electron chi connectivity index (χ2n) is 7.38. The first-order valence-electron chi connectivity index (χ1n) is 9.32. The van der Waals surface area contributed by atoms with E-state index in [4.69, 9.17) is 5.11 Å². The summed E-state index contributed by atoms with van der Waals surface area (Å²) >= 11 is 1.06. The first-order chi connectivity index (χ1) is 14.2. The molecule has 1 fully saturated rings. The lowest BCUT2D eigenvalue weighted by Gasteiger charge is -2.23. The van der Waals surface area contributed by atoms with Gasteiger partial charge in [0.25, 0.3) is 10.0 Å². The minimum atomic E-state index is -4.03. The van der Waals surface area contributed by atoms with Gasteiger partial charge in [-0.25, -0.2) is 13.2 Å². The second-order valence-corrected chi connectivity index (χ2v) is 10.4. The van der Waals surface area contributed by atoms with Crippen LogP contribution >= 0.6 is 11.3 Å². The Labute approximate surface area is 177 Å². The maximum absolute atomic E-state index is 12.9. The molecule has 1 aliphatic carbocycles. The van der Waals surface area contributed by atoms with Gasteiger partial charge in [-0.1, -0.05) is 36.4 Å². The van der Waals surface area contributed by atoms with Crippen molar-refractivity contribution in [2.75, 3.05) is 13.1 Å². The highest BCUT2D eigenvalue weighted by Gasteiger charge is 2.63. The molecule has 3 N–H and O–H groups in total. The van der Waals surface area contributed by atoms with Gasteiger partial charge < -0.3 is 15.1 Å². The van der Waals surface area contributed by atoms with Crippen molar-refractivity contribution >= 4 is 39.0 Å². The molecule has 0 bridgehead atoms. The van der Waals surface area contributed by atoms with Gasteiger partial charge in [0, 0.05) is 23.9 Å². The van der Waals surface area contributed by atoms with Crippen LogP contribution in [-0.4, -0.2) is 54.2 Å². The van der Waals surface area contributed by atoms with E-state index in [9.17, 15) is 23.1 Å². The number of nitrogens with zero attached hydrogens (tertiary/aromatic N) is 1. The highest BCUT2D eigenvalue weighted by molar-refractivity contribution is 7.91. The Morgan fingerprint density at radius 3 is 2.47 bits per heavy atom. The quantitative estimate of drug-likeness (QED) is 0.624. The summed E-state index contributed by atoms with van der Waals surface area (Å²) in [6, 6.07) is 12.1. The molecule has 1 saturated carbocycles. The van der Waals surface area contributed by atoms with Gasteiger partial charge in [-0.05, 0) is 36.1 Å². The molecule has 1 aromatic heterocycles. The SMILES string of the molecule is O=C(O)N1CC=C(c2ccc(S(=O)(=O)N[C@@]3(C(=O)O)C[C@H]3c3ccccc3)s2)CC1. The molecular formula is C20H20N2O6S2. The van der Waals surface area contributed by atoms with Crippen LogP contribution in [0.1, 0.15) is 29.2 Å². The van der Waals surface area contributed by atoms with Crippen LogP contribution < -0.4 is 4.72 Å². The van der Waals surface area contributed by atoms with Gasteiger partial charge in [-0.3, -0.25) is 4.79 Å². The number of thiophene rings is 1. The van der Waals surface area contributed by atoms with Crippen molar-refractivity contribution in [2.24, 2.45) is 0 Å². The van der Waals surface area contributed by atoms with Crippen molar-refractivity contribution in [2.45, 2.75) is 28.5 Å². The minimum absolute atomic E-state index is 0.0402. The van der Waals surface area contributed by atoms with Gasteiger partial charge in [0.2, 0.25) is 0 Å². The highest BCUT2D eigenvalue weighted by atomic mass is 32.2. The average molecular weight is 449 g/mol. The number of benzene rings is 1. The molecule has 0 radical (unpaired) electrons. The summed E-state index contributed by atoms with van der Waals surface area (Å²) in [6.45, 7) is 0.601. The fourth-order valence-electron chi connectivity index (χ4n) is 3.74. The molecule has 1 aliphatic heterocycles.